The van der Waals surface area contributed by atoms with Crippen molar-refractivity contribution in [3.63, 3.8) is 0 Å². The molecular weight excluding hydrogens is 458 g/mol. The second-order valence-corrected chi connectivity index (χ2v) is 9.58. The predicted octanol–water partition coefficient (Wildman–Crippen LogP) is 2.68. The van der Waals surface area contributed by atoms with Gasteiger partial charge in [-0.05, 0) is 30.5 Å². The molecule has 1 heterocycles. The molecule has 192 valence electrons. The van der Waals surface area contributed by atoms with Gasteiger partial charge in [0, 0.05) is 31.7 Å². The summed E-state index contributed by atoms with van der Waals surface area (Å²) in [5.41, 5.74) is 6.94. The third-order valence-corrected chi connectivity index (χ3v) is 6.08. The van der Waals surface area contributed by atoms with Crippen LogP contribution in [0.25, 0.3) is 0 Å². The van der Waals surface area contributed by atoms with Crippen LogP contribution in [0.15, 0.2) is 60.7 Å². The summed E-state index contributed by atoms with van der Waals surface area (Å²) in [6.07, 6.45) is -0.0366. The fourth-order valence-corrected chi connectivity index (χ4v) is 4.51. The third-order valence-electron chi connectivity index (χ3n) is 6.08. The van der Waals surface area contributed by atoms with Gasteiger partial charge in [0.2, 0.25) is 17.7 Å². The van der Waals surface area contributed by atoms with Crippen molar-refractivity contribution in [2.75, 3.05) is 25.0 Å². The SMILES string of the molecule is CC(C)CN(CC(N)=O)C(=O)CC1CN(Cc2ccccc2)C(=O)C(C)N1C(=O)Nc1ccccc1. The lowest BCUT2D eigenvalue weighted by Crippen LogP contribution is -2.63. The van der Waals surface area contributed by atoms with Gasteiger partial charge in [0.1, 0.15) is 6.04 Å². The van der Waals surface area contributed by atoms with Crippen molar-refractivity contribution >= 4 is 29.4 Å². The van der Waals surface area contributed by atoms with Crippen molar-refractivity contribution in [1.29, 1.82) is 0 Å². The standard InChI is InChI=1S/C27H35N5O4/c1-19(2)15-30(18-24(28)33)25(34)14-23-17-31(16-21-10-6-4-7-11-21)26(35)20(3)32(23)27(36)29-22-12-8-5-9-13-22/h4-13,19-20,23H,14-18H2,1-3H3,(H2,28,33)(H,29,36). The second kappa shape index (κ2) is 12.2. The average Bonchev–Trinajstić information content (AvgIpc) is 2.82. The topological polar surface area (TPSA) is 116 Å². The van der Waals surface area contributed by atoms with Gasteiger partial charge in [-0.25, -0.2) is 4.79 Å². The Hall–Kier alpha value is -3.88. The highest BCUT2D eigenvalue weighted by Gasteiger charge is 2.42. The predicted molar refractivity (Wildman–Crippen MR) is 138 cm³/mol. The number of benzene rings is 2. The van der Waals surface area contributed by atoms with Crippen LogP contribution >= 0.6 is 0 Å². The highest BCUT2D eigenvalue weighted by atomic mass is 16.2. The second-order valence-electron chi connectivity index (χ2n) is 9.58. The molecule has 9 heteroatoms. The summed E-state index contributed by atoms with van der Waals surface area (Å²) in [5, 5.41) is 2.84. The van der Waals surface area contributed by atoms with Gasteiger partial charge in [-0.3, -0.25) is 14.4 Å². The molecule has 1 aliphatic rings. The maximum absolute atomic E-state index is 13.4. The summed E-state index contributed by atoms with van der Waals surface area (Å²) in [4.78, 5) is 56.2. The number of piperazine rings is 1. The number of nitrogens with two attached hydrogens (primary N) is 1. The molecule has 5 amide bonds. The Morgan fingerprint density at radius 1 is 1.06 bits per heavy atom. The average molecular weight is 494 g/mol. The van der Waals surface area contributed by atoms with Crippen LogP contribution in [0, 0.1) is 5.92 Å². The van der Waals surface area contributed by atoms with Crippen molar-refractivity contribution in [1.82, 2.24) is 14.7 Å². The van der Waals surface area contributed by atoms with Gasteiger partial charge < -0.3 is 25.8 Å². The van der Waals surface area contributed by atoms with E-state index >= 15 is 0 Å². The molecule has 2 atom stereocenters. The first-order chi connectivity index (χ1) is 17.2. The van der Waals surface area contributed by atoms with Crippen molar-refractivity contribution in [2.45, 2.75) is 45.8 Å². The maximum Gasteiger partial charge on any atom is 0.322 e. The molecule has 3 N–H and O–H groups in total. The van der Waals surface area contributed by atoms with Gasteiger partial charge in [-0.2, -0.15) is 0 Å². The smallest absolute Gasteiger partial charge is 0.322 e. The number of hydrogen-bond donors (Lipinski definition) is 2. The van der Waals surface area contributed by atoms with E-state index < -0.39 is 24.0 Å². The number of para-hydroxylation sites is 1. The van der Waals surface area contributed by atoms with E-state index in [0.29, 0.717) is 18.8 Å². The molecule has 0 bridgehead atoms. The van der Waals surface area contributed by atoms with E-state index in [1.807, 2.05) is 50.2 Å². The molecule has 1 fully saturated rings. The first-order valence-corrected chi connectivity index (χ1v) is 12.2. The van der Waals surface area contributed by atoms with Crippen LogP contribution in [0.5, 0.6) is 0 Å². The van der Waals surface area contributed by atoms with Crippen LogP contribution in [0.1, 0.15) is 32.8 Å². The number of amides is 5. The zero-order chi connectivity index (χ0) is 26.2. The number of hydrogen-bond acceptors (Lipinski definition) is 4. The van der Waals surface area contributed by atoms with Crippen molar-refractivity contribution in [3.8, 4) is 0 Å². The first kappa shape index (κ1) is 26.7. The molecule has 2 aromatic carbocycles. The zero-order valence-electron chi connectivity index (χ0n) is 21.1. The summed E-state index contributed by atoms with van der Waals surface area (Å²) >= 11 is 0. The number of carbonyl (C=O) groups is 4. The summed E-state index contributed by atoms with van der Waals surface area (Å²) in [7, 11) is 0. The van der Waals surface area contributed by atoms with Crippen LogP contribution in [0.2, 0.25) is 0 Å². The number of rotatable bonds is 9. The van der Waals surface area contributed by atoms with E-state index in [-0.39, 0.29) is 37.2 Å². The molecule has 9 nitrogen and oxygen atoms in total. The normalized spacial score (nSPS) is 17.7. The lowest BCUT2D eigenvalue weighted by atomic mass is 10.0. The van der Waals surface area contributed by atoms with E-state index in [9.17, 15) is 19.2 Å². The first-order valence-electron chi connectivity index (χ1n) is 12.2. The van der Waals surface area contributed by atoms with Gasteiger partial charge in [-0.1, -0.05) is 62.4 Å². The summed E-state index contributed by atoms with van der Waals surface area (Å²) in [5.74, 6) is -0.944. The Morgan fingerprint density at radius 2 is 1.67 bits per heavy atom. The highest BCUT2D eigenvalue weighted by molar-refractivity contribution is 5.95. The van der Waals surface area contributed by atoms with E-state index in [2.05, 4.69) is 5.32 Å². The van der Waals surface area contributed by atoms with Gasteiger partial charge in [-0.15, -0.1) is 0 Å². The number of primary amides is 1. The Kier molecular flexibility index (Phi) is 9.05. The molecule has 2 aromatic rings. The molecule has 36 heavy (non-hydrogen) atoms. The molecule has 3 rings (SSSR count). The van der Waals surface area contributed by atoms with Gasteiger partial charge >= 0.3 is 6.03 Å². The third kappa shape index (κ3) is 7.07. The van der Waals surface area contributed by atoms with E-state index in [4.69, 9.17) is 5.73 Å². The Bertz CT molecular complexity index is 1060. The molecule has 0 radical (unpaired) electrons. The Balaban J connectivity index is 1.86. The van der Waals surface area contributed by atoms with Crippen LogP contribution in [0.4, 0.5) is 10.5 Å². The zero-order valence-corrected chi connectivity index (χ0v) is 21.1. The fourth-order valence-electron chi connectivity index (χ4n) is 4.51. The minimum absolute atomic E-state index is 0.0366. The van der Waals surface area contributed by atoms with E-state index in [0.717, 1.165) is 5.56 Å². The van der Waals surface area contributed by atoms with Gasteiger partial charge in [0.25, 0.3) is 0 Å². The quantitative estimate of drug-likeness (QED) is 0.559. The van der Waals surface area contributed by atoms with Crippen molar-refractivity contribution < 1.29 is 19.2 Å². The van der Waals surface area contributed by atoms with Crippen molar-refractivity contribution in [2.24, 2.45) is 11.7 Å². The maximum atomic E-state index is 13.4. The number of urea groups is 1. The number of carbonyl (C=O) groups excluding carboxylic acids is 4. The Labute approximate surface area is 212 Å². The van der Waals surface area contributed by atoms with Crippen LogP contribution < -0.4 is 11.1 Å². The summed E-state index contributed by atoms with van der Waals surface area (Å²) in [6, 6.07) is 16.7. The number of nitrogens with zero attached hydrogens (tertiary/aromatic N) is 3. The molecule has 1 saturated heterocycles. The lowest BCUT2D eigenvalue weighted by Gasteiger charge is -2.45. The van der Waals surface area contributed by atoms with Crippen LogP contribution in [-0.2, 0) is 20.9 Å². The highest BCUT2D eigenvalue weighted by Crippen LogP contribution is 2.24. The largest absolute Gasteiger partial charge is 0.368 e. The monoisotopic (exact) mass is 493 g/mol. The van der Waals surface area contributed by atoms with E-state index in [1.165, 1.54) is 9.80 Å². The molecule has 0 saturated carbocycles. The van der Waals surface area contributed by atoms with Crippen molar-refractivity contribution in [3.05, 3.63) is 66.2 Å². The minimum atomic E-state index is -0.779. The van der Waals surface area contributed by atoms with Gasteiger partial charge in [0.05, 0.1) is 12.6 Å². The molecule has 2 unspecified atom stereocenters. The molecule has 1 aliphatic heterocycles. The number of nitrogens with one attached hydrogen (secondary N) is 1. The minimum Gasteiger partial charge on any atom is -0.368 e. The molecule has 0 aromatic heterocycles. The lowest BCUT2D eigenvalue weighted by molar-refractivity contribution is -0.145. The fraction of sp³-hybridized carbons (Fsp3) is 0.407. The molecule has 0 spiro atoms. The Morgan fingerprint density at radius 3 is 2.25 bits per heavy atom. The van der Waals surface area contributed by atoms with Gasteiger partial charge in [0.15, 0.2) is 0 Å². The molecular formula is C27H35N5O4. The summed E-state index contributed by atoms with van der Waals surface area (Å²) in [6.45, 7) is 6.32. The van der Waals surface area contributed by atoms with Crippen LogP contribution in [-0.4, -0.2) is 70.2 Å². The molecule has 0 aliphatic carbocycles. The van der Waals surface area contributed by atoms with Crippen LogP contribution in [0.3, 0.4) is 0 Å². The number of anilines is 1. The van der Waals surface area contributed by atoms with E-state index in [1.54, 1.807) is 36.1 Å². The summed E-state index contributed by atoms with van der Waals surface area (Å²) < 4.78 is 0.